The fourth-order valence-electron chi connectivity index (χ4n) is 4.20. The number of anilines is 2. The van der Waals surface area contributed by atoms with Crippen molar-refractivity contribution in [3.05, 3.63) is 72.6 Å². The second kappa shape index (κ2) is 11.5. The molecule has 3 heterocycles. The van der Waals surface area contributed by atoms with Gasteiger partial charge in [-0.15, -0.1) is 0 Å². The lowest BCUT2D eigenvalue weighted by Crippen LogP contribution is -2.28. The van der Waals surface area contributed by atoms with E-state index in [0.717, 1.165) is 37.6 Å². The molecule has 2 amide bonds. The summed E-state index contributed by atoms with van der Waals surface area (Å²) >= 11 is 0. The molecule has 0 spiro atoms. The first kappa shape index (κ1) is 25.5. The lowest BCUT2D eigenvalue weighted by molar-refractivity contribution is 0.251. The number of fused-ring (bicyclic) bond motifs is 1. The molecule has 1 aliphatic heterocycles. The van der Waals surface area contributed by atoms with Crippen molar-refractivity contribution in [2.24, 2.45) is 0 Å². The summed E-state index contributed by atoms with van der Waals surface area (Å²) in [4.78, 5) is 26.1. The number of carbonyl (C=O) groups is 1. The molecule has 1 saturated heterocycles. The predicted octanol–water partition coefficient (Wildman–Crippen LogP) is 3.56. The molecule has 0 saturated carbocycles. The summed E-state index contributed by atoms with van der Waals surface area (Å²) in [5.41, 5.74) is 2.62. The van der Waals surface area contributed by atoms with E-state index in [1.54, 1.807) is 36.5 Å². The number of pyridine rings is 1. The molecular formula is C26H29N7O4S. The van der Waals surface area contributed by atoms with Crippen molar-refractivity contribution in [1.82, 2.24) is 25.2 Å². The van der Waals surface area contributed by atoms with Crippen LogP contribution in [0.2, 0.25) is 0 Å². The summed E-state index contributed by atoms with van der Waals surface area (Å²) in [5.74, 6) is 0.339. The number of imidazole rings is 1. The Hall–Kier alpha value is -4.16. The molecule has 0 bridgehead atoms. The fourth-order valence-corrected chi connectivity index (χ4v) is 5.13. The normalized spacial score (nSPS) is 13.9. The van der Waals surface area contributed by atoms with Crippen LogP contribution < -0.4 is 20.1 Å². The minimum atomic E-state index is -4.03. The van der Waals surface area contributed by atoms with E-state index in [0.29, 0.717) is 11.0 Å². The molecule has 0 unspecified atom stereocenters. The van der Waals surface area contributed by atoms with Crippen LogP contribution in [0.15, 0.2) is 71.8 Å². The summed E-state index contributed by atoms with van der Waals surface area (Å²) in [6.07, 6.45) is 4.15. The predicted molar refractivity (Wildman–Crippen MR) is 145 cm³/mol. The zero-order valence-corrected chi connectivity index (χ0v) is 21.5. The molecular weight excluding hydrogens is 506 g/mol. The fraction of sp³-hybridized carbons (Fsp3) is 0.269. The summed E-state index contributed by atoms with van der Waals surface area (Å²) in [5, 5.41) is 8.64. The van der Waals surface area contributed by atoms with Gasteiger partial charge in [-0.2, -0.15) is 8.42 Å². The average molecular weight is 536 g/mol. The van der Waals surface area contributed by atoms with Crippen LogP contribution in [0, 0.1) is 0 Å². The molecule has 4 aromatic rings. The third-order valence-corrected chi connectivity index (χ3v) is 7.41. The maximum atomic E-state index is 12.8. The Kier molecular flexibility index (Phi) is 7.70. The number of hydrogen-bond donors (Lipinski definition) is 4. The largest absolute Gasteiger partial charge is 0.384 e. The van der Waals surface area contributed by atoms with E-state index in [9.17, 15) is 13.2 Å². The van der Waals surface area contributed by atoms with Gasteiger partial charge in [0.2, 0.25) is 5.95 Å². The van der Waals surface area contributed by atoms with Crippen LogP contribution in [0.5, 0.6) is 5.75 Å². The van der Waals surface area contributed by atoms with E-state index < -0.39 is 16.1 Å². The van der Waals surface area contributed by atoms with Gasteiger partial charge in [0.15, 0.2) is 0 Å². The summed E-state index contributed by atoms with van der Waals surface area (Å²) in [7, 11) is -4.03. The number of hydrogen-bond acceptors (Lipinski definition) is 8. The Balaban J connectivity index is 1.17. The average Bonchev–Trinajstić information content (AvgIpc) is 3.57. The number of amides is 2. The Morgan fingerprint density at radius 1 is 1.05 bits per heavy atom. The molecule has 0 atom stereocenters. The molecule has 4 N–H and O–H groups in total. The summed E-state index contributed by atoms with van der Waals surface area (Å²) in [6.45, 7) is 4.31. The second-order valence-electron chi connectivity index (χ2n) is 8.93. The Morgan fingerprint density at radius 2 is 1.87 bits per heavy atom. The van der Waals surface area contributed by atoms with Crippen molar-refractivity contribution >= 4 is 38.8 Å². The van der Waals surface area contributed by atoms with E-state index >= 15 is 0 Å². The molecule has 5 rings (SSSR count). The molecule has 11 nitrogen and oxygen atoms in total. The van der Waals surface area contributed by atoms with Gasteiger partial charge in [0.1, 0.15) is 10.6 Å². The lowest BCUT2D eigenvalue weighted by Gasteiger charge is -2.15. The zero-order valence-electron chi connectivity index (χ0n) is 20.7. The van der Waals surface area contributed by atoms with Gasteiger partial charge in [0.05, 0.1) is 23.3 Å². The van der Waals surface area contributed by atoms with Gasteiger partial charge >= 0.3 is 16.1 Å². The molecule has 1 aliphatic rings. The number of H-pyrrole nitrogens is 1. The van der Waals surface area contributed by atoms with E-state index in [1.165, 1.54) is 37.1 Å². The molecule has 198 valence electrons. The van der Waals surface area contributed by atoms with Crippen LogP contribution in [0.4, 0.5) is 16.4 Å². The monoisotopic (exact) mass is 535 g/mol. The highest BCUT2D eigenvalue weighted by atomic mass is 32.2. The molecule has 38 heavy (non-hydrogen) atoms. The highest BCUT2D eigenvalue weighted by molar-refractivity contribution is 7.87. The first-order chi connectivity index (χ1) is 18.4. The molecule has 0 radical (unpaired) electrons. The first-order valence-electron chi connectivity index (χ1n) is 12.4. The number of aromatic amines is 1. The van der Waals surface area contributed by atoms with Gasteiger partial charge in [0.25, 0.3) is 0 Å². The summed E-state index contributed by atoms with van der Waals surface area (Å²) in [6, 6.07) is 16.1. The van der Waals surface area contributed by atoms with Crippen LogP contribution in [-0.4, -0.2) is 60.5 Å². The third-order valence-electron chi connectivity index (χ3n) is 6.15. The van der Waals surface area contributed by atoms with Crippen molar-refractivity contribution in [2.75, 3.05) is 36.8 Å². The lowest BCUT2D eigenvalue weighted by atomic mass is 10.3. The van der Waals surface area contributed by atoms with Crippen molar-refractivity contribution in [2.45, 2.75) is 24.3 Å². The van der Waals surface area contributed by atoms with Gasteiger partial charge in [-0.3, -0.25) is 10.3 Å². The van der Waals surface area contributed by atoms with Gasteiger partial charge < -0.3 is 24.7 Å². The van der Waals surface area contributed by atoms with E-state index in [-0.39, 0.29) is 23.1 Å². The Labute approximate surface area is 220 Å². The first-order valence-corrected chi connectivity index (χ1v) is 13.8. The molecule has 1 fully saturated rings. The standard InChI is InChI=1S/C26H29N7O4S/c34-26(29-18-20-5-1-2-12-27-20)32-25-30-23-11-8-21(17-24(23)31-25)37-38(35,36)22-9-6-19(7-10-22)28-13-16-33-14-3-4-15-33/h1-2,5-12,17,28H,3-4,13-16,18H2,(H3,29,30,31,32,34). The van der Waals surface area contributed by atoms with Gasteiger partial charge in [-0.1, -0.05) is 6.07 Å². The topological polar surface area (TPSA) is 141 Å². The van der Waals surface area contributed by atoms with Crippen LogP contribution in [0.25, 0.3) is 11.0 Å². The van der Waals surface area contributed by atoms with Crippen molar-refractivity contribution < 1.29 is 17.4 Å². The molecule has 0 aliphatic carbocycles. The highest BCUT2D eigenvalue weighted by Crippen LogP contribution is 2.24. The number of rotatable bonds is 10. The number of benzene rings is 2. The summed E-state index contributed by atoms with van der Waals surface area (Å²) < 4.78 is 31.0. The number of aromatic nitrogens is 3. The van der Waals surface area contributed by atoms with Crippen molar-refractivity contribution in [3.8, 4) is 5.75 Å². The number of carbonyl (C=O) groups excluding carboxylic acids is 1. The Bertz CT molecular complexity index is 1490. The molecule has 2 aromatic carbocycles. The van der Waals surface area contributed by atoms with Crippen LogP contribution in [0.3, 0.4) is 0 Å². The number of likely N-dealkylation sites (tertiary alicyclic amines) is 1. The van der Waals surface area contributed by atoms with E-state index in [1.807, 2.05) is 6.07 Å². The number of urea groups is 1. The minimum absolute atomic E-state index is 0.0548. The van der Waals surface area contributed by atoms with Crippen LogP contribution >= 0.6 is 0 Å². The van der Waals surface area contributed by atoms with Crippen LogP contribution in [0.1, 0.15) is 18.5 Å². The number of nitrogens with zero attached hydrogens (tertiary/aromatic N) is 3. The zero-order chi connectivity index (χ0) is 26.4. The SMILES string of the molecule is O=C(NCc1ccccn1)Nc1nc2ccc(OS(=O)(=O)c3ccc(NCCN4CCCC4)cc3)cc2[nH]1. The molecule has 2 aromatic heterocycles. The highest BCUT2D eigenvalue weighted by Gasteiger charge is 2.18. The Morgan fingerprint density at radius 3 is 2.63 bits per heavy atom. The third kappa shape index (κ3) is 6.58. The van der Waals surface area contributed by atoms with Gasteiger partial charge in [-0.05, 0) is 74.5 Å². The maximum Gasteiger partial charge on any atom is 0.339 e. The molecule has 12 heteroatoms. The smallest absolute Gasteiger partial charge is 0.339 e. The van der Waals surface area contributed by atoms with Crippen molar-refractivity contribution in [1.29, 1.82) is 0 Å². The number of nitrogens with one attached hydrogen (secondary N) is 4. The van der Waals surface area contributed by atoms with Crippen LogP contribution in [-0.2, 0) is 16.7 Å². The van der Waals surface area contributed by atoms with Crippen molar-refractivity contribution in [3.63, 3.8) is 0 Å². The second-order valence-corrected chi connectivity index (χ2v) is 10.5. The maximum absolute atomic E-state index is 12.8. The van der Waals surface area contributed by atoms with E-state index in [2.05, 4.69) is 35.8 Å². The van der Waals surface area contributed by atoms with Gasteiger partial charge in [-0.25, -0.2) is 9.78 Å². The van der Waals surface area contributed by atoms with E-state index in [4.69, 9.17) is 4.18 Å². The quantitative estimate of drug-likeness (QED) is 0.226. The van der Waals surface area contributed by atoms with Gasteiger partial charge in [0, 0.05) is 31.0 Å². The minimum Gasteiger partial charge on any atom is -0.384 e.